The van der Waals surface area contributed by atoms with Gasteiger partial charge in [0.1, 0.15) is 23.2 Å². The molecule has 0 aliphatic heterocycles. The first-order valence-corrected chi connectivity index (χ1v) is 8.50. The molecular weight excluding hydrogens is 344 g/mol. The number of ether oxygens (including phenoxy) is 3. The van der Waals surface area contributed by atoms with E-state index in [4.69, 9.17) is 14.2 Å². The third-order valence-corrected chi connectivity index (χ3v) is 3.60. The Morgan fingerprint density at radius 1 is 1.04 bits per heavy atom. The van der Waals surface area contributed by atoms with E-state index >= 15 is 0 Å². The monoisotopic (exact) mass is 370 g/mol. The summed E-state index contributed by atoms with van der Waals surface area (Å²) in [7, 11) is 2.85. The molecule has 0 aliphatic rings. The van der Waals surface area contributed by atoms with E-state index in [2.05, 4.69) is 21.7 Å². The van der Waals surface area contributed by atoms with Gasteiger partial charge < -0.3 is 14.2 Å². The van der Waals surface area contributed by atoms with Crippen LogP contribution in [0, 0.1) is 0 Å². The van der Waals surface area contributed by atoms with E-state index in [1.807, 2.05) is 0 Å². The van der Waals surface area contributed by atoms with E-state index in [1.54, 1.807) is 13.0 Å². The molecule has 1 unspecified atom stereocenters. The molecule has 1 rings (SSSR count). The summed E-state index contributed by atoms with van der Waals surface area (Å²) in [5.74, 6) is -0.237. The minimum Gasteiger partial charge on any atom is -0.497 e. The number of unbranched alkanes of at least 4 members (excludes halogenated alkanes) is 3. The van der Waals surface area contributed by atoms with Crippen molar-refractivity contribution in [2.75, 3.05) is 14.2 Å². The molecule has 0 aliphatic carbocycles. The number of rotatable bonds is 11. The fraction of sp³-hybridized carbons (Fsp3) is 0.556. The summed E-state index contributed by atoms with van der Waals surface area (Å²) in [5, 5.41) is 4.21. The van der Waals surface area contributed by atoms with Gasteiger partial charge >= 0.3 is 12.1 Å². The minimum absolute atomic E-state index is 0.0492. The summed E-state index contributed by atoms with van der Waals surface area (Å²) < 4.78 is 15.1. The summed E-state index contributed by atoms with van der Waals surface area (Å²) in [6, 6.07) is 4.55. The molecule has 0 radical (unpaired) electrons. The second kappa shape index (κ2) is 12.0. The maximum atomic E-state index is 12.0. The van der Waals surface area contributed by atoms with Crippen molar-refractivity contribution in [3.8, 4) is 11.5 Å². The maximum absolute atomic E-state index is 12.0. The normalized spacial score (nSPS) is 11.4. The Morgan fingerprint density at radius 2 is 1.81 bits per heavy atom. The zero-order chi connectivity index (χ0) is 19.4. The van der Waals surface area contributed by atoms with Crippen LogP contribution in [0.15, 0.2) is 18.2 Å². The van der Waals surface area contributed by atoms with Crippen LogP contribution in [0.5, 0.6) is 11.5 Å². The molecule has 0 saturated heterocycles. The Hall–Kier alpha value is -2.48. The van der Waals surface area contributed by atoms with Gasteiger partial charge in [-0.15, -0.1) is 0 Å². The van der Waals surface area contributed by atoms with Gasteiger partial charge in [0, 0.05) is 0 Å². The summed E-state index contributed by atoms with van der Waals surface area (Å²) in [4.78, 5) is 32.2. The predicted molar refractivity (Wildman–Crippen MR) is 91.8 cm³/mol. The van der Waals surface area contributed by atoms with E-state index in [-0.39, 0.29) is 17.4 Å². The highest BCUT2D eigenvalue weighted by atomic mass is 17.5. The highest BCUT2D eigenvalue weighted by Crippen LogP contribution is 2.24. The average Bonchev–Trinajstić information content (AvgIpc) is 2.64. The predicted octanol–water partition coefficient (Wildman–Crippen LogP) is 4.22. The van der Waals surface area contributed by atoms with Gasteiger partial charge in [-0.2, -0.15) is 0 Å². The molecule has 0 spiro atoms. The second-order valence-electron chi connectivity index (χ2n) is 5.62. The number of hydrogen-bond acceptors (Lipinski definition) is 8. The lowest BCUT2D eigenvalue weighted by Crippen LogP contribution is -2.17. The topological polar surface area (TPSA) is 89.5 Å². The van der Waals surface area contributed by atoms with Crippen molar-refractivity contribution < 1.29 is 38.6 Å². The number of carbonyl (C=O) groups is 2. The van der Waals surface area contributed by atoms with Crippen LogP contribution < -0.4 is 9.47 Å². The van der Waals surface area contributed by atoms with Crippen molar-refractivity contribution in [1.82, 2.24) is 0 Å². The maximum Gasteiger partial charge on any atom is 0.543 e. The zero-order valence-electron chi connectivity index (χ0n) is 15.6. The molecule has 1 aromatic rings. The Labute approximate surface area is 153 Å². The van der Waals surface area contributed by atoms with Crippen LogP contribution in [0.1, 0.15) is 56.3 Å². The van der Waals surface area contributed by atoms with Gasteiger partial charge in [0.25, 0.3) is 0 Å². The van der Waals surface area contributed by atoms with Crippen molar-refractivity contribution in [2.45, 2.75) is 52.1 Å². The van der Waals surface area contributed by atoms with Crippen molar-refractivity contribution in [3.05, 3.63) is 23.8 Å². The quantitative estimate of drug-likeness (QED) is 0.247. The van der Waals surface area contributed by atoms with E-state index in [0.29, 0.717) is 5.75 Å². The molecule has 1 aromatic carbocycles. The summed E-state index contributed by atoms with van der Waals surface area (Å²) >= 11 is 0. The molecule has 8 nitrogen and oxygen atoms in total. The average molecular weight is 370 g/mol. The standard InChI is InChI=1S/C18H26O8/c1-5-6-7-8-9-13(2)23-18(20)25-26-24-17(19)15-12-14(21-3)10-11-16(15)22-4/h10-13H,5-9H2,1-4H3. The van der Waals surface area contributed by atoms with E-state index in [9.17, 15) is 9.59 Å². The van der Waals surface area contributed by atoms with Crippen LogP contribution in [0.25, 0.3) is 0 Å². The number of carbonyl (C=O) groups excluding carboxylic acids is 2. The molecule has 0 aromatic heterocycles. The first-order valence-electron chi connectivity index (χ1n) is 8.50. The Balaban J connectivity index is 2.38. The van der Waals surface area contributed by atoms with Gasteiger partial charge in [-0.1, -0.05) is 26.2 Å². The van der Waals surface area contributed by atoms with E-state index < -0.39 is 12.1 Å². The van der Waals surface area contributed by atoms with Crippen LogP contribution >= 0.6 is 0 Å². The van der Waals surface area contributed by atoms with Gasteiger partial charge in [0.15, 0.2) is 0 Å². The fourth-order valence-corrected chi connectivity index (χ4v) is 2.20. The molecule has 8 heteroatoms. The largest absolute Gasteiger partial charge is 0.543 e. The van der Waals surface area contributed by atoms with Gasteiger partial charge in [-0.05, 0) is 38.0 Å². The lowest BCUT2D eigenvalue weighted by atomic mass is 10.1. The Kier molecular flexibility index (Phi) is 9.93. The van der Waals surface area contributed by atoms with Gasteiger partial charge in [-0.3, -0.25) is 4.89 Å². The lowest BCUT2D eigenvalue weighted by molar-refractivity contribution is -0.453. The second-order valence-corrected chi connectivity index (χ2v) is 5.62. The molecule has 0 N–H and O–H groups in total. The van der Waals surface area contributed by atoms with Crippen LogP contribution in [-0.4, -0.2) is 32.4 Å². The molecule has 0 fully saturated rings. The van der Waals surface area contributed by atoms with Gasteiger partial charge in [-0.25, -0.2) is 14.5 Å². The summed E-state index contributed by atoms with van der Waals surface area (Å²) in [6.07, 6.45) is 3.62. The molecule has 1 atom stereocenters. The van der Waals surface area contributed by atoms with Crippen molar-refractivity contribution in [3.63, 3.8) is 0 Å². The van der Waals surface area contributed by atoms with Gasteiger partial charge in [0.05, 0.1) is 19.3 Å². The number of benzene rings is 1. The Bertz CT molecular complexity index is 572. The molecule has 0 amide bonds. The number of hydrogen-bond donors (Lipinski definition) is 0. The molecule has 26 heavy (non-hydrogen) atoms. The Morgan fingerprint density at radius 3 is 2.46 bits per heavy atom. The summed E-state index contributed by atoms with van der Waals surface area (Å²) in [6.45, 7) is 3.87. The van der Waals surface area contributed by atoms with Crippen LogP contribution in [0.3, 0.4) is 0 Å². The third kappa shape index (κ3) is 7.60. The highest BCUT2D eigenvalue weighted by molar-refractivity contribution is 5.92. The molecule has 0 bridgehead atoms. The summed E-state index contributed by atoms with van der Waals surface area (Å²) in [5.41, 5.74) is 0.0492. The van der Waals surface area contributed by atoms with Crippen LogP contribution in [0.4, 0.5) is 4.79 Å². The lowest BCUT2D eigenvalue weighted by Gasteiger charge is -2.11. The van der Waals surface area contributed by atoms with Crippen LogP contribution in [0.2, 0.25) is 0 Å². The number of methoxy groups -OCH3 is 2. The van der Waals surface area contributed by atoms with Crippen LogP contribution in [-0.2, 0) is 19.6 Å². The minimum atomic E-state index is -1.08. The third-order valence-electron chi connectivity index (χ3n) is 3.60. The van der Waals surface area contributed by atoms with Crippen molar-refractivity contribution >= 4 is 12.1 Å². The highest BCUT2D eigenvalue weighted by Gasteiger charge is 2.18. The SMILES string of the molecule is CCCCCCC(C)OC(=O)OOOC(=O)c1cc(OC)ccc1OC. The molecule has 0 heterocycles. The zero-order valence-corrected chi connectivity index (χ0v) is 15.6. The van der Waals surface area contributed by atoms with Crippen molar-refractivity contribution in [1.29, 1.82) is 0 Å². The first-order chi connectivity index (χ1) is 12.5. The van der Waals surface area contributed by atoms with Crippen molar-refractivity contribution in [2.24, 2.45) is 0 Å². The van der Waals surface area contributed by atoms with E-state index in [0.717, 1.165) is 32.1 Å². The molecule has 146 valence electrons. The molecular formula is C18H26O8. The van der Waals surface area contributed by atoms with Gasteiger partial charge in [0.2, 0.25) is 0 Å². The smallest absolute Gasteiger partial charge is 0.497 e. The fourth-order valence-electron chi connectivity index (χ4n) is 2.20. The van der Waals surface area contributed by atoms with E-state index in [1.165, 1.54) is 26.4 Å². The first kappa shape index (κ1) is 21.6. The molecule has 0 saturated carbocycles.